The monoisotopic (exact) mass is 430 g/mol. The lowest BCUT2D eigenvalue weighted by molar-refractivity contribution is -0.385. The summed E-state index contributed by atoms with van der Waals surface area (Å²) in [6.07, 6.45) is 0. The predicted molar refractivity (Wildman–Crippen MR) is 109 cm³/mol. The van der Waals surface area contributed by atoms with E-state index in [2.05, 4.69) is 9.97 Å². The normalized spacial score (nSPS) is 10.8. The van der Waals surface area contributed by atoms with Gasteiger partial charge in [0, 0.05) is 11.6 Å². The third-order valence-electron chi connectivity index (χ3n) is 4.29. The highest BCUT2D eigenvalue weighted by Crippen LogP contribution is 2.33. The molecular formula is C19H18N4O6S. The number of carbonyl (C=O) groups excluding carboxylic acids is 2. The van der Waals surface area contributed by atoms with E-state index in [0.29, 0.717) is 26.2 Å². The van der Waals surface area contributed by atoms with Crippen LogP contribution in [0.5, 0.6) is 0 Å². The minimum Gasteiger partial charge on any atom is -0.462 e. The molecule has 0 amide bonds. The van der Waals surface area contributed by atoms with Crippen LogP contribution in [0.25, 0.3) is 10.2 Å². The van der Waals surface area contributed by atoms with Crippen LogP contribution in [-0.4, -0.2) is 33.4 Å². The van der Waals surface area contributed by atoms with E-state index >= 15 is 0 Å². The van der Waals surface area contributed by atoms with Crippen LogP contribution in [0.1, 0.15) is 43.9 Å². The first kappa shape index (κ1) is 21.1. The molecule has 0 fully saturated rings. The van der Waals surface area contributed by atoms with Crippen LogP contribution in [0, 0.1) is 24.0 Å². The fourth-order valence-electron chi connectivity index (χ4n) is 2.87. The third-order valence-corrected chi connectivity index (χ3v) is 5.45. The van der Waals surface area contributed by atoms with Gasteiger partial charge >= 0.3 is 11.9 Å². The molecule has 0 aliphatic carbocycles. The number of aryl methyl sites for hydroxylation is 2. The molecule has 0 saturated heterocycles. The fraction of sp³-hybridized carbons (Fsp3) is 0.263. The van der Waals surface area contributed by atoms with Gasteiger partial charge in [0.05, 0.1) is 22.5 Å². The average molecular weight is 430 g/mol. The van der Waals surface area contributed by atoms with Crippen molar-refractivity contribution in [3.8, 4) is 0 Å². The number of rotatable bonds is 6. The number of fused-ring (bicyclic) bond motifs is 1. The fourth-order valence-corrected chi connectivity index (χ4v) is 3.97. The molecule has 0 unspecified atom stereocenters. The van der Waals surface area contributed by atoms with Crippen molar-refractivity contribution >= 4 is 45.0 Å². The first-order valence-electron chi connectivity index (χ1n) is 8.87. The Bertz CT molecular complexity index is 1170. The van der Waals surface area contributed by atoms with E-state index in [-0.39, 0.29) is 36.1 Å². The third kappa shape index (κ3) is 4.06. The molecule has 2 N–H and O–H groups in total. The number of ether oxygens (including phenoxy) is 2. The number of nitro groups is 1. The molecule has 1 aromatic carbocycles. The van der Waals surface area contributed by atoms with Crippen LogP contribution >= 0.6 is 11.3 Å². The molecule has 2 aromatic heterocycles. The molecule has 3 rings (SSSR count). The zero-order valence-electron chi connectivity index (χ0n) is 16.4. The maximum Gasteiger partial charge on any atom is 0.348 e. The van der Waals surface area contributed by atoms with Gasteiger partial charge in [-0.25, -0.2) is 19.6 Å². The minimum atomic E-state index is -0.676. The lowest BCUT2D eigenvalue weighted by Crippen LogP contribution is -2.09. The number of nitro benzene ring substituents is 1. The summed E-state index contributed by atoms with van der Waals surface area (Å²) < 4.78 is 10.3. The largest absolute Gasteiger partial charge is 0.462 e. The van der Waals surface area contributed by atoms with Crippen molar-refractivity contribution in [1.29, 1.82) is 0 Å². The molecule has 10 nitrogen and oxygen atoms in total. The van der Waals surface area contributed by atoms with Crippen molar-refractivity contribution in [1.82, 2.24) is 9.97 Å². The summed E-state index contributed by atoms with van der Waals surface area (Å²) in [4.78, 5) is 44.1. The van der Waals surface area contributed by atoms with Gasteiger partial charge in [0.25, 0.3) is 5.69 Å². The van der Waals surface area contributed by atoms with Gasteiger partial charge in [0.15, 0.2) is 12.4 Å². The van der Waals surface area contributed by atoms with Gasteiger partial charge in [-0.3, -0.25) is 10.1 Å². The Morgan fingerprint density at radius 3 is 2.57 bits per heavy atom. The van der Waals surface area contributed by atoms with Crippen molar-refractivity contribution in [2.45, 2.75) is 27.4 Å². The Balaban J connectivity index is 1.81. The van der Waals surface area contributed by atoms with E-state index in [9.17, 15) is 19.7 Å². The highest BCUT2D eigenvalue weighted by molar-refractivity contribution is 7.20. The van der Waals surface area contributed by atoms with Gasteiger partial charge in [0.1, 0.15) is 15.5 Å². The van der Waals surface area contributed by atoms with Crippen molar-refractivity contribution < 1.29 is 24.0 Å². The van der Waals surface area contributed by atoms with E-state index in [1.807, 2.05) is 0 Å². The number of aromatic nitrogens is 2. The number of benzene rings is 1. The van der Waals surface area contributed by atoms with Crippen molar-refractivity contribution in [2.75, 3.05) is 12.3 Å². The highest BCUT2D eigenvalue weighted by atomic mass is 32.1. The van der Waals surface area contributed by atoms with Gasteiger partial charge in [-0.05, 0) is 38.5 Å². The molecule has 0 bridgehead atoms. The summed E-state index contributed by atoms with van der Waals surface area (Å²) in [5.74, 6) is -0.797. The number of anilines is 1. The number of thiophene rings is 1. The molecule has 11 heteroatoms. The van der Waals surface area contributed by atoms with Crippen molar-refractivity contribution in [3.63, 3.8) is 0 Å². The van der Waals surface area contributed by atoms with Crippen LogP contribution in [0.2, 0.25) is 0 Å². The number of hydrogen-bond acceptors (Lipinski definition) is 10. The van der Waals surface area contributed by atoms with Crippen molar-refractivity contribution in [3.05, 3.63) is 55.7 Å². The van der Waals surface area contributed by atoms with Gasteiger partial charge < -0.3 is 15.2 Å². The number of nitrogen functional groups attached to an aromatic ring is 1. The Kier molecular flexibility index (Phi) is 5.92. The summed E-state index contributed by atoms with van der Waals surface area (Å²) in [6.45, 7) is 4.99. The predicted octanol–water partition coefficient (Wildman–Crippen LogP) is 3.33. The number of carbonyl (C=O) groups is 2. The summed E-state index contributed by atoms with van der Waals surface area (Å²) in [5, 5.41) is 11.4. The second-order valence-corrected chi connectivity index (χ2v) is 7.32. The molecule has 30 heavy (non-hydrogen) atoms. The summed E-state index contributed by atoms with van der Waals surface area (Å²) >= 11 is 1.13. The van der Waals surface area contributed by atoms with Crippen LogP contribution in [0.15, 0.2) is 18.2 Å². The lowest BCUT2D eigenvalue weighted by atomic mass is 10.1. The van der Waals surface area contributed by atoms with Crippen molar-refractivity contribution in [2.24, 2.45) is 0 Å². The van der Waals surface area contributed by atoms with Gasteiger partial charge in [-0.15, -0.1) is 11.3 Å². The zero-order chi connectivity index (χ0) is 22.0. The number of nitrogens with two attached hydrogens (primary N) is 1. The first-order chi connectivity index (χ1) is 14.2. The topological polar surface area (TPSA) is 148 Å². The molecule has 2 heterocycles. The molecule has 0 aliphatic heterocycles. The highest BCUT2D eigenvalue weighted by Gasteiger charge is 2.21. The first-order valence-corrected chi connectivity index (χ1v) is 9.69. The standard InChI is InChI=1S/C19H18N4O6S/c1-4-28-19(25)15-10(3)14-16(20)21-13(22-17(14)30-15)8-29-18(24)11-5-6-12(23(26)27)9(2)7-11/h5-7H,4,8H2,1-3H3,(H2,20,21,22). The van der Waals surface area contributed by atoms with Crippen LogP contribution < -0.4 is 5.73 Å². The van der Waals surface area contributed by atoms with E-state index < -0.39 is 16.9 Å². The second kappa shape index (κ2) is 8.41. The Labute approximate surface area is 174 Å². The lowest BCUT2D eigenvalue weighted by Gasteiger charge is -2.06. The molecule has 0 saturated carbocycles. The quantitative estimate of drug-likeness (QED) is 0.353. The molecule has 0 spiro atoms. The number of esters is 2. The number of nitrogens with zero attached hydrogens (tertiary/aromatic N) is 3. The van der Waals surface area contributed by atoms with Gasteiger partial charge in [-0.2, -0.15) is 0 Å². The Hall–Kier alpha value is -3.60. The zero-order valence-corrected chi connectivity index (χ0v) is 17.2. The minimum absolute atomic E-state index is 0.0847. The SMILES string of the molecule is CCOC(=O)c1sc2nc(COC(=O)c3ccc([N+](=O)[O-])c(C)c3)nc(N)c2c1C. The maximum atomic E-state index is 12.3. The summed E-state index contributed by atoms with van der Waals surface area (Å²) in [5.41, 5.74) is 7.09. The van der Waals surface area contributed by atoms with Gasteiger partial charge in [-0.1, -0.05) is 0 Å². The van der Waals surface area contributed by atoms with Crippen LogP contribution in [0.4, 0.5) is 11.5 Å². The maximum absolute atomic E-state index is 12.3. The van der Waals surface area contributed by atoms with Gasteiger partial charge in [0.2, 0.25) is 0 Å². The Morgan fingerprint density at radius 2 is 1.93 bits per heavy atom. The molecule has 0 atom stereocenters. The summed E-state index contributed by atoms with van der Waals surface area (Å²) in [6, 6.07) is 3.95. The summed E-state index contributed by atoms with van der Waals surface area (Å²) in [7, 11) is 0. The molecule has 3 aromatic rings. The molecular weight excluding hydrogens is 412 g/mol. The van der Waals surface area contributed by atoms with E-state index in [0.717, 1.165) is 11.3 Å². The van der Waals surface area contributed by atoms with Crippen LogP contribution in [0.3, 0.4) is 0 Å². The smallest absolute Gasteiger partial charge is 0.348 e. The molecule has 0 radical (unpaired) electrons. The Morgan fingerprint density at radius 1 is 1.20 bits per heavy atom. The number of hydrogen-bond donors (Lipinski definition) is 1. The van der Waals surface area contributed by atoms with E-state index in [1.54, 1.807) is 13.8 Å². The molecule has 156 valence electrons. The second-order valence-electron chi connectivity index (χ2n) is 6.32. The average Bonchev–Trinajstić information content (AvgIpc) is 3.03. The van der Waals surface area contributed by atoms with E-state index in [4.69, 9.17) is 15.2 Å². The van der Waals surface area contributed by atoms with E-state index in [1.165, 1.54) is 25.1 Å². The van der Waals surface area contributed by atoms with Crippen LogP contribution in [-0.2, 0) is 16.1 Å². The molecule has 0 aliphatic rings.